The number of alkyl halides is 3. The molecule has 18 heavy (non-hydrogen) atoms. The van der Waals surface area contributed by atoms with Crippen LogP contribution < -0.4 is 4.74 Å². The third-order valence-electron chi connectivity index (χ3n) is 2.08. The first-order chi connectivity index (χ1) is 8.20. The molecule has 100 valence electrons. The molecule has 1 aromatic carbocycles. The van der Waals surface area contributed by atoms with Crippen molar-refractivity contribution in [2.75, 3.05) is 0 Å². The number of halogens is 4. The number of carboxylic acids is 1. The number of aliphatic carboxylic acids is 1. The van der Waals surface area contributed by atoms with Gasteiger partial charge in [0.1, 0.15) is 5.75 Å². The molecule has 1 aromatic rings. The monoisotopic (exact) mass is 282 g/mol. The van der Waals surface area contributed by atoms with Crippen molar-refractivity contribution in [3.05, 3.63) is 28.8 Å². The van der Waals surface area contributed by atoms with Crippen molar-refractivity contribution in [1.82, 2.24) is 0 Å². The molecular weight excluding hydrogens is 273 g/mol. The van der Waals surface area contributed by atoms with Crippen molar-refractivity contribution in [3.63, 3.8) is 0 Å². The predicted molar refractivity (Wildman–Crippen MR) is 58.9 cm³/mol. The summed E-state index contributed by atoms with van der Waals surface area (Å²) < 4.78 is 42.4. The largest absolute Gasteiger partial charge is 0.481 e. The van der Waals surface area contributed by atoms with E-state index in [1.54, 1.807) is 13.0 Å². The number of benzene rings is 1. The number of carbonyl (C=O) groups is 1. The van der Waals surface area contributed by atoms with Crippen molar-refractivity contribution in [2.24, 2.45) is 0 Å². The number of rotatable bonds is 4. The van der Waals surface area contributed by atoms with E-state index in [1.807, 2.05) is 0 Å². The average molecular weight is 283 g/mol. The smallest absolute Gasteiger partial charge is 0.426 e. The third-order valence-corrected chi connectivity index (χ3v) is 2.39. The standard InChI is InChI=1S/C11H10ClF3O3/c1-6-2-3-7(12)8(4-6)18-9(5-10(16)17)11(13,14)15/h2-4,9H,5H2,1H3,(H,16,17). The Morgan fingerprint density at radius 2 is 2.11 bits per heavy atom. The first kappa shape index (κ1) is 14.6. The molecule has 0 aliphatic heterocycles. The molecule has 1 N–H and O–H groups in total. The van der Waals surface area contributed by atoms with E-state index in [9.17, 15) is 18.0 Å². The van der Waals surface area contributed by atoms with Gasteiger partial charge in [0.25, 0.3) is 0 Å². The fourth-order valence-electron chi connectivity index (χ4n) is 1.24. The van der Waals surface area contributed by atoms with Gasteiger partial charge in [-0.05, 0) is 24.6 Å². The van der Waals surface area contributed by atoms with Gasteiger partial charge in [-0.25, -0.2) is 0 Å². The van der Waals surface area contributed by atoms with E-state index >= 15 is 0 Å². The lowest BCUT2D eigenvalue weighted by Gasteiger charge is -2.21. The number of hydrogen-bond acceptors (Lipinski definition) is 2. The SMILES string of the molecule is Cc1ccc(Cl)c(OC(CC(=O)O)C(F)(F)F)c1. The summed E-state index contributed by atoms with van der Waals surface area (Å²) in [5, 5.41) is 8.44. The Bertz CT molecular complexity index is 446. The molecule has 0 aliphatic rings. The van der Waals surface area contributed by atoms with Gasteiger partial charge in [0.05, 0.1) is 11.4 Å². The van der Waals surface area contributed by atoms with Gasteiger partial charge in [-0.1, -0.05) is 17.7 Å². The number of aryl methyl sites for hydroxylation is 1. The quantitative estimate of drug-likeness (QED) is 0.920. The number of carboxylic acid groups (broad SMARTS) is 1. The van der Waals surface area contributed by atoms with Crippen LogP contribution in [-0.4, -0.2) is 23.4 Å². The molecule has 0 saturated carbocycles. The zero-order valence-corrected chi connectivity index (χ0v) is 10.0. The highest BCUT2D eigenvalue weighted by molar-refractivity contribution is 6.32. The molecule has 0 radical (unpaired) electrons. The molecule has 1 rings (SSSR count). The second kappa shape index (κ2) is 5.48. The minimum atomic E-state index is -4.77. The maximum atomic E-state index is 12.6. The Hall–Kier alpha value is -1.43. The van der Waals surface area contributed by atoms with Crippen LogP contribution in [0.3, 0.4) is 0 Å². The van der Waals surface area contributed by atoms with E-state index in [4.69, 9.17) is 16.7 Å². The molecule has 0 fully saturated rings. The molecule has 0 amide bonds. The fraction of sp³-hybridized carbons (Fsp3) is 0.364. The molecule has 1 atom stereocenters. The van der Waals surface area contributed by atoms with Crippen molar-refractivity contribution in [3.8, 4) is 5.75 Å². The number of ether oxygens (including phenoxy) is 1. The maximum Gasteiger partial charge on any atom is 0.426 e. The first-order valence-electron chi connectivity index (χ1n) is 4.91. The van der Waals surface area contributed by atoms with Gasteiger partial charge in [-0.15, -0.1) is 0 Å². The molecule has 0 bridgehead atoms. The molecule has 0 aliphatic carbocycles. The minimum Gasteiger partial charge on any atom is -0.481 e. The van der Waals surface area contributed by atoms with E-state index in [-0.39, 0.29) is 10.8 Å². The Morgan fingerprint density at radius 3 is 2.61 bits per heavy atom. The molecule has 7 heteroatoms. The molecule has 0 spiro atoms. The summed E-state index contributed by atoms with van der Waals surface area (Å²) in [4.78, 5) is 10.4. The molecule has 0 aromatic heterocycles. The summed E-state index contributed by atoms with van der Waals surface area (Å²) in [6, 6.07) is 4.32. The lowest BCUT2D eigenvalue weighted by atomic mass is 10.2. The Morgan fingerprint density at radius 1 is 1.50 bits per heavy atom. The second-order valence-electron chi connectivity index (χ2n) is 3.68. The van der Waals surface area contributed by atoms with Crippen LogP contribution in [0.4, 0.5) is 13.2 Å². The van der Waals surface area contributed by atoms with Gasteiger partial charge < -0.3 is 9.84 Å². The summed E-state index contributed by atoms with van der Waals surface area (Å²) in [5.41, 5.74) is 0.658. The van der Waals surface area contributed by atoms with Crippen LogP contribution in [-0.2, 0) is 4.79 Å². The van der Waals surface area contributed by atoms with Crippen LogP contribution in [0.5, 0.6) is 5.75 Å². The van der Waals surface area contributed by atoms with Gasteiger partial charge in [-0.3, -0.25) is 4.79 Å². The van der Waals surface area contributed by atoms with E-state index in [2.05, 4.69) is 4.74 Å². The number of hydrogen-bond donors (Lipinski definition) is 1. The van der Waals surface area contributed by atoms with Crippen molar-refractivity contribution in [1.29, 1.82) is 0 Å². The van der Waals surface area contributed by atoms with Crippen molar-refractivity contribution >= 4 is 17.6 Å². The summed E-state index contributed by atoms with van der Waals surface area (Å²) in [7, 11) is 0. The van der Waals surface area contributed by atoms with Gasteiger partial charge in [0.2, 0.25) is 6.10 Å². The van der Waals surface area contributed by atoms with Gasteiger partial charge in [-0.2, -0.15) is 13.2 Å². The van der Waals surface area contributed by atoms with E-state index in [1.165, 1.54) is 12.1 Å². The van der Waals surface area contributed by atoms with Crippen LogP contribution in [0.25, 0.3) is 0 Å². The Labute approximate surface area is 106 Å². The molecule has 1 unspecified atom stereocenters. The van der Waals surface area contributed by atoms with Crippen LogP contribution in [0.2, 0.25) is 5.02 Å². The normalized spacial score (nSPS) is 13.2. The molecule has 0 saturated heterocycles. The van der Waals surface area contributed by atoms with E-state index in [0.717, 1.165) is 0 Å². The lowest BCUT2D eigenvalue weighted by Crippen LogP contribution is -2.36. The predicted octanol–water partition coefficient (Wildman–Crippen LogP) is 3.43. The molecular formula is C11H10ClF3O3. The van der Waals surface area contributed by atoms with Crippen LogP contribution in [0.15, 0.2) is 18.2 Å². The fourth-order valence-corrected chi connectivity index (χ4v) is 1.40. The van der Waals surface area contributed by atoms with Crippen LogP contribution >= 0.6 is 11.6 Å². The van der Waals surface area contributed by atoms with Gasteiger partial charge >= 0.3 is 12.1 Å². The van der Waals surface area contributed by atoms with Crippen molar-refractivity contribution in [2.45, 2.75) is 25.6 Å². The summed E-state index contributed by atoms with van der Waals surface area (Å²) in [6.07, 6.45) is -8.37. The Kier molecular flexibility index (Phi) is 4.45. The zero-order valence-electron chi connectivity index (χ0n) is 9.29. The minimum absolute atomic E-state index is 0.000221. The van der Waals surface area contributed by atoms with Gasteiger partial charge in [0, 0.05) is 0 Å². The molecule has 0 heterocycles. The Balaban J connectivity index is 2.96. The summed E-state index contributed by atoms with van der Waals surface area (Å²) in [5.74, 6) is -1.78. The molecule has 3 nitrogen and oxygen atoms in total. The summed E-state index contributed by atoms with van der Waals surface area (Å²) in [6.45, 7) is 1.66. The zero-order chi connectivity index (χ0) is 13.9. The highest BCUT2D eigenvalue weighted by atomic mass is 35.5. The van der Waals surface area contributed by atoms with Gasteiger partial charge in [0.15, 0.2) is 0 Å². The second-order valence-corrected chi connectivity index (χ2v) is 4.09. The van der Waals surface area contributed by atoms with Crippen LogP contribution in [0.1, 0.15) is 12.0 Å². The van der Waals surface area contributed by atoms with Crippen molar-refractivity contribution < 1.29 is 27.8 Å². The van der Waals surface area contributed by atoms with Crippen LogP contribution in [0, 0.1) is 6.92 Å². The maximum absolute atomic E-state index is 12.6. The highest BCUT2D eigenvalue weighted by Crippen LogP contribution is 2.32. The third kappa shape index (κ3) is 4.10. The topological polar surface area (TPSA) is 46.5 Å². The van der Waals surface area contributed by atoms with E-state index in [0.29, 0.717) is 5.56 Å². The van der Waals surface area contributed by atoms with E-state index < -0.39 is 24.7 Å². The summed E-state index contributed by atoms with van der Waals surface area (Å²) >= 11 is 5.69. The first-order valence-corrected chi connectivity index (χ1v) is 5.29. The average Bonchev–Trinajstić information content (AvgIpc) is 2.20. The lowest BCUT2D eigenvalue weighted by molar-refractivity contribution is -0.200. The highest BCUT2D eigenvalue weighted by Gasteiger charge is 2.43.